The van der Waals surface area contributed by atoms with E-state index in [1.165, 1.54) is 13.0 Å². The van der Waals surface area contributed by atoms with Crippen LogP contribution in [0.5, 0.6) is 0 Å². The number of hydrogen-bond donors (Lipinski definition) is 2. The number of rotatable bonds is 2. The van der Waals surface area contributed by atoms with E-state index in [4.69, 9.17) is 5.26 Å². The minimum Gasteiger partial charge on any atom is -0.329 e. The summed E-state index contributed by atoms with van der Waals surface area (Å²) in [5.41, 5.74) is -0.586. The molecule has 1 atom stereocenters. The third-order valence-electron chi connectivity index (χ3n) is 3.36. The number of nitrogens with zero attached hydrogens (tertiary/aromatic N) is 1. The van der Waals surface area contributed by atoms with Crippen LogP contribution in [-0.2, 0) is 15.8 Å². The SMILES string of the molecule is CC1=C(C#N)C(C(=O)Nc2cccc(C(F)(F)F)c2)CC(=O)N1. The van der Waals surface area contributed by atoms with Gasteiger partial charge in [-0.2, -0.15) is 18.4 Å². The fraction of sp³-hybridized carbons (Fsp3) is 0.267. The van der Waals surface area contributed by atoms with E-state index in [0.717, 1.165) is 18.2 Å². The summed E-state index contributed by atoms with van der Waals surface area (Å²) in [6.45, 7) is 1.49. The fourth-order valence-corrected chi connectivity index (χ4v) is 2.26. The van der Waals surface area contributed by atoms with Gasteiger partial charge in [-0.05, 0) is 25.1 Å². The first-order valence-corrected chi connectivity index (χ1v) is 6.61. The van der Waals surface area contributed by atoms with E-state index in [0.29, 0.717) is 0 Å². The molecule has 23 heavy (non-hydrogen) atoms. The number of allylic oxidation sites excluding steroid dienone is 1. The summed E-state index contributed by atoms with van der Waals surface area (Å²) in [4.78, 5) is 23.7. The first-order chi connectivity index (χ1) is 10.7. The van der Waals surface area contributed by atoms with Crippen molar-refractivity contribution >= 4 is 17.5 Å². The third kappa shape index (κ3) is 3.69. The summed E-state index contributed by atoms with van der Waals surface area (Å²) in [6, 6.07) is 6.00. The van der Waals surface area contributed by atoms with Crippen molar-refractivity contribution in [3.63, 3.8) is 0 Å². The number of benzene rings is 1. The van der Waals surface area contributed by atoms with Crippen molar-refractivity contribution in [1.82, 2.24) is 5.32 Å². The van der Waals surface area contributed by atoms with Crippen molar-refractivity contribution in [3.8, 4) is 6.07 Å². The van der Waals surface area contributed by atoms with Crippen molar-refractivity contribution < 1.29 is 22.8 Å². The number of alkyl halides is 3. The Labute approximate surface area is 129 Å². The van der Waals surface area contributed by atoms with Crippen LogP contribution in [-0.4, -0.2) is 11.8 Å². The van der Waals surface area contributed by atoms with Crippen LogP contribution in [0.25, 0.3) is 0 Å². The Kier molecular flexibility index (Phi) is 4.40. The zero-order valence-corrected chi connectivity index (χ0v) is 12.0. The Balaban J connectivity index is 2.24. The van der Waals surface area contributed by atoms with Gasteiger partial charge in [0, 0.05) is 17.8 Å². The molecule has 0 saturated carbocycles. The molecule has 0 radical (unpaired) electrons. The second kappa shape index (κ2) is 6.12. The van der Waals surface area contributed by atoms with E-state index in [2.05, 4.69) is 10.6 Å². The zero-order valence-electron chi connectivity index (χ0n) is 12.0. The molecule has 1 heterocycles. The summed E-state index contributed by atoms with van der Waals surface area (Å²) in [5, 5.41) is 13.9. The lowest BCUT2D eigenvalue weighted by Crippen LogP contribution is -2.37. The lowest BCUT2D eigenvalue weighted by Gasteiger charge is -2.22. The smallest absolute Gasteiger partial charge is 0.329 e. The van der Waals surface area contributed by atoms with E-state index < -0.39 is 29.5 Å². The van der Waals surface area contributed by atoms with Crippen molar-refractivity contribution in [2.45, 2.75) is 19.5 Å². The van der Waals surface area contributed by atoms with Gasteiger partial charge in [0.2, 0.25) is 11.8 Å². The molecule has 0 saturated heterocycles. The molecule has 1 aromatic rings. The summed E-state index contributed by atoms with van der Waals surface area (Å²) in [6.07, 6.45) is -4.76. The van der Waals surface area contributed by atoms with Gasteiger partial charge >= 0.3 is 6.18 Å². The van der Waals surface area contributed by atoms with Crippen LogP contribution in [0.4, 0.5) is 18.9 Å². The Bertz CT molecular complexity index is 732. The van der Waals surface area contributed by atoms with Gasteiger partial charge < -0.3 is 10.6 Å². The number of carbonyl (C=O) groups is 2. The molecule has 2 N–H and O–H groups in total. The molecular weight excluding hydrogens is 311 g/mol. The first kappa shape index (κ1) is 16.5. The lowest BCUT2D eigenvalue weighted by atomic mass is 9.90. The molecule has 8 heteroatoms. The summed E-state index contributed by atoms with van der Waals surface area (Å²) >= 11 is 0. The third-order valence-corrected chi connectivity index (χ3v) is 3.36. The molecule has 2 amide bonds. The van der Waals surface area contributed by atoms with E-state index in [-0.39, 0.29) is 23.4 Å². The number of hydrogen-bond acceptors (Lipinski definition) is 3. The highest BCUT2D eigenvalue weighted by atomic mass is 19.4. The average molecular weight is 323 g/mol. The van der Waals surface area contributed by atoms with Crippen molar-refractivity contribution in [2.24, 2.45) is 5.92 Å². The molecule has 120 valence electrons. The minimum absolute atomic E-state index is 0.0502. The van der Waals surface area contributed by atoms with E-state index in [1.54, 1.807) is 0 Å². The number of nitrogens with one attached hydrogen (secondary N) is 2. The fourth-order valence-electron chi connectivity index (χ4n) is 2.26. The number of nitriles is 1. The van der Waals surface area contributed by atoms with Crippen molar-refractivity contribution in [3.05, 3.63) is 41.1 Å². The summed E-state index contributed by atoms with van der Waals surface area (Å²) < 4.78 is 38.0. The monoisotopic (exact) mass is 323 g/mol. The molecule has 2 rings (SSSR count). The maximum Gasteiger partial charge on any atom is 0.416 e. The highest BCUT2D eigenvalue weighted by molar-refractivity contribution is 5.99. The topological polar surface area (TPSA) is 82.0 Å². The average Bonchev–Trinajstić information content (AvgIpc) is 2.46. The van der Waals surface area contributed by atoms with Gasteiger partial charge in [0.15, 0.2) is 0 Å². The Morgan fingerprint density at radius 3 is 2.74 bits per heavy atom. The highest BCUT2D eigenvalue weighted by Gasteiger charge is 2.33. The van der Waals surface area contributed by atoms with Gasteiger partial charge in [-0.25, -0.2) is 0 Å². The van der Waals surface area contributed by atoms with Crippen LogP contribution in [0.1, 0.15) is 18.9 Å². The first-order valence-electron chi connectivity index (χ1n) is 6.61. The summed E-state index contributed by atoms with van der Waals surface area (Å²) in [7, 11) is 0. The lowest BCUT2D eigenvalue weighted by molar-refractivity contribution is -0.137. The number of anilines is 1. The number of amides is 2. The predicted octanol–water partition coefficient (Wildman–Crippen LogP) is 2.58. The Morgan fingerprint density at radius 2 is 2.13 bits per heavy atom. The molecule has 1 unspecified atom stereocenters. The molecule has 0 aliphatic carbocycles. The highest BCUT2D eigenvalue weighted by Crippen LogP contribution is 2.31. The predicted molar refractivity (Wildman–Crippen MR) is 74.6 cm³/mol. The van der Waals surface area contributed by atoms with Crippen molar-refractivity contribution in [1.29, 1.82) is 5.26 Å². The van der Waals surface area contributed by atoms with E-state index in [9.17, 15) is 22.8 Å². The second-order valence-corrected chi connectivity index (χ2v) is 5.02. The van der Waals surface area contributed by atoms with Gasteiger partial charge in [-0.3, -0.25) is 9.59 Å². The standard InChI is InChI=1S/C15H12F3N3O2/c1-8-12(7-19)11(6-13(22)20-8)14(23)21-10-4-2-3-9(5-10)15(16,17)18/h2-5,11H,6H2,1H3,(H,20,22)(H,21,23). The van der Waals surface area contributed by atoms with Gasteiger partial charge in [0.1, 0.15) is 0 Å². The zero-order chi connectivity index (χ0) is 17.2. The molecule has 0 spiro atoms. The van der Waals surface area contributed by atoms with Gasteiger partial charge in [0.05, 0.1) is 23.1 Å². The Hall–Kier alpha value is -2.82. The van der Waals surface area contributed by atoms with Crippen LogP contribution >= 0.6 is 0 Å². The Morgan fingerprint density at radius 1 is 1.43 bits per heavy atom. The van der Waals surface area contributed by atoms with Crippen LogP contribution in [0.3, 0.4) is 0 Å². The second-order valence-electron chi connectivity index (χ2n) is 5.02. The molecule has 0 fully saturated rings. The minimum atomic E-state index is -4.53. The molecule has 1 aromatic carbocycles. The summed E-state index contributed by atoms with van der Waals surface area (Å²) in [5.74, 6) is -2.15. The maximum absolute atomic E-state index is 12.7. The number of halogens is 3. The molecular formula is C15H12F3N3O2. The molecule has 0 bridgehead atoms. The van der Waals surface area contributed by atoms with E-state index >= 15 is 0 Å². The largest absolute Gasteiger partial charge is 0.416 e. The van der Waals surface area contributed by atoms with Gasteiger partial charge in [-0.15, -0.1) is 0 Å². The molecule has 1 aliphatic rings. The molecule has 1 aliphatic heterocycles. The van der Waals surface area contributed by atoms with Crippen molar-refractivity contribution in [2.75, 3.05) is 5.32 Å². The van der Waals surface area contributed by atoms with Crippen LogP contribution in [0.15, 0.2) is 35.5 Å². The molecule has 0 aromatic heterocycles. The van der Waals surface area contributed by atoms with Crippen LogP contribution in [0.2, 0.25) is 0 Å². The van der Waals surface area contributed by atoms with Crippen LogP contribution < -0.4 is 10.6 Å². The van der Waals surface area contributed by atoms with Gasteiger partial charge in [-0.1, -0.05) is 6.07 Å². The van der Waals surface area contributed by atoms with Crippen LogP contribution in [0, 0.1) is 17.2 Å². The quantitative estimate of drug-likeness (QED) is 0.877. The van der Waals surface area contributed by atoms with E-state index in [1.807, 2.05) is 6.07 Å². The maximum atomic E-state index is 12.7. The number of carbonyl (C=O) groups excluding carboxylic acids is 2. The molecule has 5 nitrogen and oxygen atoms in total. The van der Waals surface area contributed by atoms with Gasteiger partial charge in [0.25, 0.3) is 0 Å². The normalized spacial score (nSPS) is 18.2.